The Morgan fingerprint density at radius 2 is 1.92 bits per heavy atom. The fourth-order valence-electron chi connectivity index (χ4n) is 3.28. The normalized spacial score (nSPS) is 16.5. The first kappa shape index (κ1) is 19.4. The van der Waals surface area contributed by atoms with Crippen molar-refractivity contribution < 1.29 is 13.2 Å². The van der Waals surface area contributed by atoms with Crippen LogP contribution in [0.3, 0.4) is 0 Å². The van der Waals surface area contributed by atoms with E-state index in [1.165, 1.54) is 6.92 Å². The molecule has 1 aliphatic heterocycles. The van der Waals surface area contributed by atoms with Crippen LogP contribution >= 0.6 is 31.9 Å². The van der Waals surface area contributed by atoms with Crippen molar-refractivity contribution in [2.45, 2.75) is 38.1 Å². The van der Waals surface area contributed by atoms with Gasteiger partial charge in [0, 0.05) is 27.6 Å². The van der Waals surface area contributed by atoms with Gasteiger partial charge in [0.25, 0.3) is 10.0 Å². The quantitative estimate of drug-likeness (QED) is 0.667. The third-order valence-electron chi connectivity index (χ3n) is 4.35. The molecule has 1 N–H and O–H groups in total. The third-order valence-corrected chi connectivity index (χ3v) is 7.10. The lowest BCUT2D eigenvalue weighted by atomic mass is 10.1. The Morgan fingerprint density at radius 1 is 1.23 bits per heavy atom. The highest BCUT2D eigenvalue weighted by molar-refractivity contribution is 9.10. The van der Waals surface area contributed by atoms with E-state index in [0.29, 0.717) is 22.3 Å². The fraction of sp³-hybridized carbons (Fsp3) is 0.278. The number of amides is 1. The van der Waals surface area contributed by atoms with Crippen molar-refractivity contribution in [1.82, 2.24) is 0 Å². The summed E-state index contributed by atoms with van der Waals surface area (Å²) in [5.41, 5.74) is 2.70. The van der Waals surface area contributed by atoms with E-state index in [0.717, 1.165) is 15.6 Å². The molecule has 1 atom stereocenters. The summed E-state index contributed by atoms with van der Waals surface area (Å²) in [4.78, 5) is 13.8. The summed E-state index contributed by atoms with van der Waals surface area (Å²) in [6.07, 6.45) is 0.619. The van der Waals surface area contributed by atoms with Gasteiger partial charge in [-0.1, -0.05) is 31.9 Å². The average molecular weight is 502 g/mol. The molecule has 1 heterocycles. The van der Waals surface area contributed by atoms with Gasteiger partial charge in [-0.05, 0) is 61.7 Å². The first-order valence-electron chi connectivity index (χ1n) is 8.01. The van der Waals surface area contributed by atoms with E-state index >= 15 is 0 Å². The molecule has 0 aromatic heterocycles. The van der Waals surface area contributed by atoms with Crippen LogP contribution in [0.5, 0.6) is 0 Å². The highest BCUT2D eigenvalue weighted by Crippen LogP contribution is 2.40. The van der Waals surface area contributed by atoms with Crippen molar-refractivity contribution in [1.29, 1.82) is 0 Å². The monoisotopic (exact) mass is 500 g/mol. The van der Waals surface area contributed by atoms with Crippen LogP contribution in [-0.4, -0.2) is 20.4 Å². The second-order valence-electron chi connectivity index (χ2n) is 6.42. The minimum Gasteiger partial charge on any atom is -0.308 e. The standard InChI is InChI=1S/C18H18Br2N2O3S/c1-10-6-15(4-5-16(10)20)21-26(24,25)17-9-14(19)8-13-7-11(2)22(12(3)23)18(13)17/h4-6,8-9,11,21H,7H2,1-3H3/t11-/m1/s1. The van der Waals surface area contributed by atoms with E-state index in [1.54, 1.807) is 29.2 Å². The second kappa shape index (κ2) is 6.98. The lowest BCUT2D eigenvalue weighted by molar-refractivity contribution is -0.116. The van der Waals surface area contributed by atoms with Crippen LogP contribution in [0.1, 0.15) is 25.0 Å². The lowest BCUT2D eigenvalue weighted by Crippen LogP contribution is -2.34. The van der Waals surface area contributed by atoms with Crippen LogP contribution < -0.4 is 9.62 Å². The zero-order valence-corrected chi connectivity index (χ0v) is 18.5. The highest BCUT2D eigenvalue weighted by atomic mass is 79.9. The van der Waals surface area contributed by atoms with Crippen LogP contribution in [0.4, 0.5) is 11.4 Å². The summed E-state index contributed by atoms with van der Waals surface area (Å²) in [5, 5.41) is 0. The number of benzene rings is 2. The number of rotatable bonds is 3. The Labute approximate surface area is 170 Å². The number of nitrogens with one attached hydrogen (secondary N) is 1. The molecule has 1 aliphatic rings. The van der Waals surface area contributed by atoms with E-state index in [1.807, 2.05) is 19.9 Å². The predicted octanol–water partition coefficient (Wildman–Crippen LogP) is 4.62. The summed E-state index contributed by atoms with van der Waals surface area (Å²) in [7, 11) is -3.87. The van der Waals surface area contributed by atoms with Crippen molar-refractivity contribution in [3.05, 3.63) is 50.4 Å². The topological polar surface area (TPSA) is 66.5 Å². The summed E-state index contributed by atoms with van der Waals surface area (Å²) in [5.74, 6) is -0.172. The molecule has 5 nitrogen and oxygen atoms in total. The molecule has 26 heavy (non-hydrogen) atoms. The number of aryl methyl sites for hydroxylation is 1. The number of sulfonamides is 1. The molecule has 0 aliphatic carbocycles. The number of hydrogen-bond donors (Lipinski definition) is 1. The zero-order chi connectivity index (χ0) is 19.2. The van der Waals surface area contributed by atoms with Crippen LogP contribution in [-0.2, 0) is 21.2 Å². The molecule has 0 spiro atoms. The lowest BCUT2D eigenvalue weighted by Gasteiger charge is -2.23. The number of halogens is 2. The van der Waals surface area contributed by atoms with Gasteiger partial charge in [0.05, 0.1) is 5.69 Å². The van der Waals surface area contributed by atoms with Gasteiger partial charge in [-0.3, -0.25) is 9.52 Å². The molecule has 138 valence electrons. The Hall–Kier alpha value is -1.38. The number of fused-ring (bicyclic) bond motifs is 1. The maximum absolute atomic E-state index is 13.1. The number of carbonyl (C=O) groups is 1. The Morgan fingerprint density at radius 3 is 2.54 bits per heavy atom. The third kappa shape index (κ3) is 3.54. The van der Waals surface area contributed by atoms with Gasteiger partial charge in [-0.2, -0.15) is 0 Å². The molecule has 0 radical (unpaired) electrons. The molecule has 0 bridgehead atoms. The Kier molecular flexibility index (Phi) is 5.20. The highest BCUT2D eigenvalue weighted by Gasteiger charge is 2.35. The number of nitrogens with zero attached hydrogens (tertiary/aromatic N) is 1. The van der Waals surface area contributed by atoms with Crippen molar-refractivity contribution >= 4 is 59.2 Å². The molecule has 0 saturated carbocycles. The fourth-order valence-corrected chi connectivity index (χ4v) is 5.49. The number of carbonyl (C=O) groups excluding carboxylic acids is 1. The number of hydrogen-bond acceptors (Lipinski definition) is 3. The molecule has 8 heteroatoms. The zero-order valence-electron chi connectivity index (χ0n) is 14.5. The molecule has 0 fully saturated rings. The van der Waals surface area contributed by atoms with Gasteiger partial charge in [0.2, 0.25) is 5.91 Å². The molecular formula is C18H18Br2N2O3S. The van der Waals surface area contributed by atoms with Crippen LogP contribution in [0.15, 0.2) is 44.2 Å². The largest absolute Gasteiger partial charge is 0.308 e. The molecular weight excluding hydrogens is 484 g/mol. The summed E-state index contributed by atoms with van der Waals surface area (Å²) in [6.45, 7) is 5.25. The van der Waals surface area contributed by atoms with Crippen molar-refractivity contribution in [3.8, 4) is 0 Å². The Bertz CT molecular complexity index is 1010. The minimum atomic E-state index is -3.87. The number of anilines is 2. The molecule has 2 aromatic carbocycles. The van der Waals surface area contributed by atoms with E-state index in [9.17, 15) is 13.2 Å². The van der Waals surface area contributed by atoms with Gasteiger partial charge in [0.1, 0.15) is 4.90 Å². The first-order chi connectivity index (χ1) is 12.1. The van der Waals surface area contributed by atoms with Gasteiger partial charge in [-0.15, -0.1) is 0 Å². The van der Waals surface area contributed by atoms with Crippen LogP contribution in [0.25, 0.3) is 0 Å². The first-order valence-corrected chi connectivity index (χ1v) is 11.1. The summed E-state index contributed by atoms with van der Waals surface area (Å²) < 4.78 is 30.4. The van der Waals surface area contributed by atoms with E-state index in [2.05, 4.69) is 36.6 Å². The van der Waals surface area contributed by atoms with Gasteiger partial charge in [-0.25, -0.2) is 8.42 Å². The summed E-state index contributed by atoms with van der Waals surface area (Å²) in [6, 6.07) is 8.57. The second-order valence-corrected chi connectivity index (χ2v) is 9.84. The molecule has 3 rings (SSSR count). The molecule has 2 aromatic rings. The van der Waals surface area contributed by atoms with Crippen LogP contribution in [0.2, 0.25) is 0 Å². The van der Waals surface area contributed by atoms with Crippen molar-refractivity contribution in [3.63, 3.8) is 0 Å². The van der Waals surface area contributed by atoms with Gasteiger partial charge in [0.15, 0.2) is 0 Å². The Balaban J connectivity index is 2.11. The van der Waals surface area contributed by atoms with E-state index < -0.39 is 10.0 Å². The van der Waals surface area contributed by atoms with Crippen LogP contribution in [0, 0.1) is 6.92 Å². The van der Waals surface area contributed by atoms with Crippen molar-refractivity contribution in [2.24, 2.45) is 0 Å². The van der Waals surface area contributed by atoms with E-state index in [4.69, 9.17) is 0 Å². The average Bonchev–Trinajstić information content (AvgIpc) is 2.85. The minimum absolute atomic E-state index is 0.0827. The van der Waals surface area contributed by atoms with E-state index in [-0.39, 0.29) is 16.8 Å². The maximum Gasteiger partial charge on any atom is 0.264 e. The molecule has 1 amide bonds. The smallest absolute Gasteiger partial charge is 0.264 e. The molecule has 0 unspecified atom stereocenters. The molecule has 0 saturated heterocycles. The maximum atomic E-state index is 13.1. The van der Waals surface area contributed by atoms with Crippen molar-refractivity contribution in [2.75, 3.05) is 9.62 Å². The van der Waals surface area contributed by atoms with Gasteiger partial charge >= 0.3 is 0 Å². The predicted molar refractivity (Wildman–Crippen MR) is 110 cm³/mol. The van der Waals surface area contributed by atoms with Gasteiger partial charge < -0.3 is 4.90 Å². The summed E-state index contributed by atoms with van der Waals surface area (Å²) >= 11 is 6.80. The SMILES string of the molecule is CC(=O)N1c2c(cc(Br)cc2S(=O)(=O)Nc2ccc(Br)c(C)c2)C[C@H]1C.